The first-order valence-electron chi connectivity index (χ1n) is 6.34. The second-order valence-electron chi connectivity index (χ2n) is 4.52. The molecule has 3 aromatic heterocycles. The summed E-state index contributed by atoms with van der Waals surface area (Å²) in [5.74, 6) is 0.796. The highest BCUT2D eigenvalue weighted by atomic mass is 79.9. The number of imidazole rings is 1. The molecule has 0 saturated heterocycles. The molecule has 0 bridgehead atoms. The Morgan fingerprint density at radius 2 is 2.10 bits per heavy atom. The van der Waals surface area contributed by atoms with E-state index in [1.54, 1.807) is 0 Å². The van der Waals surface area contributed by atoms with E-state index in [1.165, 1.54) is 0 Å². The van der Waals surface area contributed by atoms with Crippen LogP contribution in [0.25, 0.3) is 5.65 Å². The van der Waals surface area contributed by atoms with Crippen LogP contribution < -0.4 is 4.74 Å². The summed E-state index contributed by atoms with van der Waals surface area (Å²) < 4.78 is 7.81. The molecule has 4 nitrogen and oxygen atoms in total. The number of aromatic nitrogens is 3. The van der Waals surface area contributed by atoms with Crippen molar-refractivity contribution in [2.75, 3.05) is 0 Å². The average molecular weight is 332 g/mol. The van der Waals surface area contributed by atoms with Gasteiger partial charge in [-0.3, -0.25) is 4.98 Å². The fourth-order valence-electron chi connectivity index (χ4n) is 2.03. The molecular weight excluding hydrogens is 318 g/mol. The van der Waals surface area contributed by atoms with E-state index in [4.69, 9.17) is 4.74 Å². The van der Waals surface area contributed by atoms with Gasteiger partial charge in [0.15, 0.2) is 0 Å². The lowest BCUT2D eigenvalue weighted by Crippen LogP contribution is -2.00. The Morgan fingerprint density at radius 3 is 2.90 bits per heavy atom. The third-order valence-electron chi connectivity index (χ3n) is 2.99. The number of halogens is 1. The van der Waals surface area contributed by atoms with Crippen LogP contribution in [-0.2, 0) is 11.9 Å². The number of hydrogen-bond donors (Lipinski definition) is 0. The molecule has 5 heteroatoms. The van der Waals surface area contributed by atoms with Crippen molar-refractivity contribution >= 4 is 21.6 Å². The van der Waals surface area contributed by atoms with Crippen molar-refractivity contribution in [1.82, 2.24) is 14.4 Å². The first-order valence-corrected chi connectivity index (χ1v) is 7.46. The third kappa shape index (κ3) is 2.67. The molecular formula is C15H14BrN3O. The molecule has 0 saturated carbocycles. The van der Waals surface area contributed by atoms with Crippen molar-refractivity contribution in [2.24, 2.45) is 0 Å². The highest BCUT2D eigenvalue weighted by Crippen LogP contribution is 2.20. The van der Waals surface area contributed by atoms with Gasteiger partial charge in [-0.2, -0.15) is 0 Å². The molecule has 0 N–H and O–H groups in total. The summed E-state index contributed by atoms with van der Waals surface area (Å²) in [6, 6.07) is 9.83. The van der Waals surface area contributed by atoms with Gasteiger partial charge in [-0.25, -0.2) is 4.98 Å². The maximum absolute atomic E-state index is 5.83. The zero-order valence-corrected chi connectivity index (χ0v) is 12.7. The Hall–Kier alpha value is -1.88. The number of ether oxygens (including phenoxy) is 1. The smallest absolute Gasteiger partial charge is 0.142 e. The molecule has 0 atom stereocenters. The molecule has 3 heterocycles. The molecule has 0 fully saturated rings. The summed E-state index contributed by atoms with van der Waals surface area (Å²) in [5, 5.41) is 0.676. The van der Waals surface area contributed by atoms with Gasteiger partial charge < -0.3 is 9.14 Å². The number of hydrogen-bond acceptors (Lipinski definition) is 3. The molecule has 102 valence electrons. The maximum atomic E-state index is 5.83. The number of nitrogens with zero attached hydrogens (tertiary/aromatic N) is 3. The quantitative estimate of drug-likeness (QED) is 0.687. The van der Waals surface area contributed by atoms with Crippen molar-refractivity contribution in [3.8, 4) is 5.75 Å². The van der Waals surface area contributed by atoms with Gasteiger partial charge in [-0.05, 0) is 31.2 Å². The van der Waals surface area contributed by atoms with Gasteiger partial charge >= 0.3 is 0 Å². The summed E-state index contributed by atoms with van der Waals surface area (Å²) >= 11 is 3.43. The predicted octanol–water partition coefficient (Wildman–Crippen LogP) is 3.51. The van der Waals surface area contributed by atoms with E-state index in [9.17, 15) is 0 Å². The van der Waals surface area contributed by atoms with Crippen molar-refractivity contribution < 1.29 is 4.74 Å². The first-order chi connectivity index (χ1) is 9.76. The van der Waals surface area contributed by atoms with E-state index in [0.717, 1.165) is 28.5 Å². The summed E-state index contributed by atoms with van der Waals surface area (Å²) in [4.78, 5) is 8.96. The van der Waals surface area contributed by atoms with Gasteiger partial charge in [0.05, 0.1) is 11.4 Å². The zero-order chi connectivity index (χ0) is 13.9. The largest absolute Gasteiger partial charge is 0.485 e. The van der Waals surface area contributed by atoms with E-state index in [0.29, 0.717) is 11.9 Å². The van der Waals surface area contributed by atoms with Crippen molar-refractivity contribution in [3.63, 3.8) is 0 Å². The molecule has 3 aromatic rings. The third-order valence-corrected chi connectivity index (χ3v) is 3.52. The Balaban J connectivity index is 1.79. The highest BCUT2D eigenvalue weighted by Gasteiger charge is 2.07. The summed E-state index contributed by atoms with van der Waals surface area (Å²) in [6.07, 6.45) is 3.95. The molecule has 3 rings (SSSR count). The number of fused-ring (bicyclic) bond motifs is 1. The van der Waals surface area contributed by atoms with Crippen LogP contribution >= 0.6 is 15.9 Å². The Bertz CT molecular complexity index is 706. The van der Waals surface area contributed by atoms with Crippen molar-refractivity contribution in [3.05, 3.63) is 59.8 Å². The van der Waals surface area contributed by atoms with Crippen LogP contribution in [0.2, 0.25) is 0 Å². The molecule has 0 spiro atoms. The van der Waals surface area contributed by atoms with E-state index < -0.39 is 0 Å². The fraction of sp³-hybridized carbons (Fsp3) is 0.200. The molecule has 0 aromatic carbocycles. The van der Waals surface area contributed by atoms with Crippen LogP contribution in [-0.4, -0.2) is 14.4 Å². The fourth-order valence-corrected chi connectivity index (χ4v) is 2.44. The molecule has 0 aliphatic rings. The predicted molar refractivity (Wildman–Crippen MR) is 81.1 cm³/mol. The monoisotopic (exact) mass is 331 g/mol. The van der Waals surface area contributed by atoms with E-state index in [-0.39, 0.29) is 0 Å². The molecule has 0 amide bonds. The van der Waals surface area contributed by atoms with Crippen molar-refractivity contribution in [2.45, 2.75) is 18.9 Å². The lowest BCUT2D eigenvalue weighted by molar-refractivity contribution is 0.298. The van der Waals surface area contributed by atoms with Crippen LogP contribution in [0.5, 0.6) is 5.75 Å². The maximum Gasteiger partial charge on any atom is 0.142 e. The average Bonchev–Trinajstić information content (AvgIpc) is 2.88. The topological polar surface area (TPSA) is 39.4 Å². The van der Waals surface area contributed by atoms with Crippen LogP contribution in [0.15, 0.2) is 42.7 Å². The minimum Gasteiger partial charge on any atom is -0.485 e. The van der Waals surface area contributed by atoms with E-state index in [2.05, 4.69) is 25.9 Å². The van der Waals surface area contributed by atoms with Crippen LogP contribution in [0.4, 0.5) is 0 Å². The Kier molecular flexibility index (Phi) is 3.69. The van der Waals surface area contributed by atoms with Crippen LogP contribution in [0.3, 0.4) is 0 Å². The van der Waals surface area contributed by atoms with Crippen LogP contribution in [0, 0.1) is 6.92 Å². The van der Waals surface area contributed by atoms with E-state index >= 15 is 0 Å². The van der Waals surface area contributed by atoms with Crippen LogP contribution in [0.1, 0.15) is 17.1 Å². The van der Waals surface area contributed by atoms with Gasteiger partial charge in [0.1, 0.15) is 18.0 Å². The lowest BCUT2D eigenvalue weighted by Gasteiger charge is -2.08. The highest BCUT2D eigenvalue weighted by molar-refractivity contribution is 9.08. The number of aryl methyl sites for hydroxylation is 1. The minimum atomic E-state index is 0.437. The second-order valence-corrected chi connectivity index (χ2v) is 5.08. The van der Waals surface area contributed by atoms with Gasteiger partial charge in [-0.1, -0.05) is 22.0 Å². The van der Waals surface area contributed by atoms with Crippen molar-refractivity contribution in [1.29, 1.82) is 0 Å². The molecule has 0 radical (unpaired) electrons. The first kappa shape index (κ1) is 13.1. The van der Waals surface area contributed by atoms with Gasteiger partial charge in [-0.15, -0.1) is 0 Å². The molecule has 0 aliphatic heterocycles. The van der Waals surface area contributed by atoms with E-state index in [1.807, 2.05) is 54.0 Å². The Labute approximate surface area is 125 Å². The second kappa shape index (κ2) is 5.63. The minimum absolute atomic E-state index is 0.437. The summed E-state index contributed by atoms with van der Waals surface area (Å²) in [5.41, 5.74) is 3.72. The zero-order valence-electron chi connectivity index (χ0n) is 11.1. The number of pyridine rings is 2. The molecule has 0 aliphatic carbocycles. The lowest BCUT2D eigenvalue weighted by atomic mass is 10.3. The van der Waals surface area contributed by atoms with Gasteiger partial charge in [0.25, 0.3) is 0 Å². The Morgan fingerprint density at radius 1 is 1.20 bits per heavy atom. The number of rotatable bonds is 4. The van der Waals surface area contributed by atoms with Gasteiger partial charge in [0.2, 0.25) is 0 Å². The molecule has 20 heavy (non-hydrogen) atoms. The normalized spacial score (nSPS) is 10.9. The van der Waals surface area contributed by atoms with Gasteiger partial charge in [0, 0.05) is 23.4 Å². The SMILES string of the molecule is Cc1ccc(OCc2cn3ccccc3n2)c(CBr)n1. The standard InChI is InChI=1S/C15H14BrN3O/c1-11-5-6-14(13(8-16)17-11)20-10-12-9-19-7-3-2-4-15(19)18-12/h2-7,9H,8,10H2,1H3. The summed E-state index contributed by atoms with van der Waals surface area (Å²) in [7, 11) is 0. The summed E-state index contributed by atoms with van der Waals surface area (Å²) in [6.45, 7) is 2.41. The molecule has 0 unspecified atom stereocenters. The number of alkyl halides is 1.